The third-order valence-corrected chi connectivity index (χ3v) is 3.72. The highest BCUT2D eigenvalue weighted by atomic mass is 19.1. The van der Waals surface area contributed by atoms with Crippen LogP contribution in [0.15, 0.2) is 36.4 Å². The van der Waals surface area contributed by atoms with Crippen molar-refractivity contribution >= 4 is 22.6 Å². The molecule has 1 saturated heterocycles. The van der Waals surface area contributed by atoms with Gasteiger partial charge in [0.25, 0.3) is 0 Å². The molecule has 1 heterocycles. The van der Waals surface area contributed by atoms with Crippen LogP contribution in [0.3, 0.4) is 0 Å². The van der Waals surface area contributed by atoms with E-state index in [4.69, 9.17) is 5.11 Å². The molecule has 0 unspecified atom stereocenters. The second-order valence-electron chi connectivity index (χ2n) is 4.87. The molecule has 5 heteroatoms. The van der Waals surface area contributed by atoms with Gasteiger partial charge < -0.3 is 14.9 Å². The molecule has 1 fully saturated rings. The first-order chi connectivity index (χ1) is 9.66. The molecule has 0 aromatic heterocycles. The minimum absolute atomic E-state index is 0.257. The molecule has 0 saturated carbocycles. The van der Waals surface area contributed by atoms with E-state index in [0.717, 1.165) is 10.8 Å². The number of hydrogen-bond acceptors (Lipinski definition) is 2. The number of anilines is 1. The molecule has 1 aliphatic heterocycles. The molecule has 20 heavy (non-hydrogen) atoms. The summed E-state index contributed by atoms with van der Waals surface area (Å²) in [5.41, 5.74) is 0.577. The summed E-state index contributed by atoms with van der Waals surface area (Å²) in [6.07, 6.45) is -0.914. The van der Waals surface area contributed by atoms with Gasteiger partial charge in [0.05, 0.1) is 5.69 Å². The largest absolute Gasteiger partial charge is 0.465 e. The quantitative estimate of drug-likeness (QED) is 0.869. The average molecular weight is 274 g/mol. The fourth-order valence-corrected chi connectivity index (χ4v) is 2.67. The number of hydrogen-bond donors (Lipinski definition) is 1. The predicted octanol–water partition coefficient (Wildman–Crippen LogP) is 2.78. The Kier molecular flexibility index (Phi) is 3.18. The second kappa shape index (κ2) is 5.00. The van der Waals surface area contributed by atoms with Crippen molar-refractivity contribution in [3.63, 3.8) is 0 Å². The minimum atomic E-state index is -0.914. The number of carboxylic acid groups (broad SMARTS) is 1. The minimum Gasteiger partial charge on any atom is -0.465 e. The Morgan fingerprint density at radius 2 is 1.75 bits per heavy atom. The van der Waals surface area contributed by atoms with Gasteiger partial charge in [0.2, 0.25) is 0 Å². The van der Waals surface area contributed by atoms with Crippen molar-refractivity contribution < 1.29 is 14.3 Å². The molecule has 4 nitrogen and oxygen atoms in total. The van der Waals surface area contributed by atoms with Gasteiger partial charge >= 0.3 is 6.09 Å². The van der Waals surface area contributed by atoms with Crippen LogP contribution in [0.2, 0.25) is 0 Å². The van der Waals surface area contributed by atoms with Gasteiger partial charge in [-0.3, -0.25) is 0 Å². The second-order valence-corrected chi connectivity index (χ2v) is 4.87. The Labute approximate surface area is 116 Å². The first kappa shape index (κ1) is 12.7. The zero-order valence-electron chi connectivity index (χ0n) is 10.9. The van der Waals surface area contributed by atoms with Gasteiger partial charge in [0.15, 0.2) is 0 Å². The third-order valence-electron chi connectivity index (χ3n) is 3.72. The molecule has 1 N–H and O–H groups in total. The molecule has 1 aliphatic rings. The van der Waals surface area contributed by atoms with Gasteiger partial charge in [-0.05, 0) is 11.5 Å². The van der Waals surface area contributed by atoms with Crippen molar-refractivity contribution in [2.24, 2.45) is 0 Å². The molecule has 0 radical (unpaired) electrons. The lowest BCUT2D eigenvalue weighted by Crippen LogP contribution is -2.48. The fourth-order valence-electron chi connectivity index (χ4n) is 2.67. The van der Waals surface area contributed by atoms with Crippen LogP contribution in [-0.2, 0) is 0 Å². The van der Waals surface area contributed by atoms with Gasteiger partial charge in [-0.1, -0.05) is 30.3 Å². The molecule has 1 amide bonds. The molecule has 104 valence electrons. The van der Waals surface area contributed by atoms with Crippen LogP contribution >= 0.6 is 0 Å². The first-order valence-corrected chi connectivity index (χ1v) is 6.57. The van der Waals surface area contributed by atoms with Gasteiger partial charge in [0, 0.05) is 31.6 Å². The molecular formula is C15H15FN2O2. The summed E-state index contributed by atoms with van der Waals surface area (Å²) in [7, 11) is 0. The van der Waals surface area contributed by atoms with E-state index in [1.807, 2.05) is 29.2 Å². The van der Waals surface area contributed by atoms with E-state index in [9.17, 15) is 9.18 Å². The predicted molar refractivity (Wildman–Crippen MR) is 75.7 cm³/mol. The van der Waals surface area contributed by atoms with Crippen molar-refractivity contribution in [2.45, 2.75) is 0 Å². The molecular weight excluding hydrogens is 259 g/mol. The number of rotatable bonds is 1. The summed E-state index contributed by atoms with van der Waals surface area (Å²) in [6.45, 7) is 1.82. The maximum absolute atomic E-state index is 14.2. The summed E-state index contributed by atoms with van der Waals surface area (Å²) in [6, 6.07) is 10.9. The van der Waals surface area contributed by atoms with Crippen LogP contribution in [0.4, 0.5) is 14.9 Å². The lowest BCUT2D eigenvalue weighted by atomic mass is 10.1. The van der Waals surface area contributed by atoms with Crippen LogP contribution in [-0.4, -0.2) is 42.3 Å². The summed E-state index contributed by atoms with van der Waals surface area (Å²) < 4.78 is 14.2. The van der Waals surface area contributed by atoms with Crippen molar-refractivity contribution in [2.75, 3.05) is 31.1 Å². The van der Waals surface area contributed by atoms with Crippen LogP contribution in [0.5, 0.6) is 0 Å². The number of amides is 1. The maximum atomic E-state index is 14.2. The van der Waals surface area contributed by atoms with Crippen LogP contribution < -0.4 is 4.90 Å². The Morgan fingerprint density at radius 3 is 2.45 bits per heavy atom. The van der Waals surface area contributed by atoms with Crippen LogP contribution in [0, 0.1) is 5.82 Å². The van der Waals surface area contributed by atoms with Crippen molar-refractivity contribution in [1.82, 2.24) is 4.90 Å². The monoisotopic (exact) mass is 274 g/mol. The van der Waals surface area contributed by atoms with Crippen molar-refractivity contribution in [1.29, 1.82) is 0 Å². The molecule has 2 aromatic carbocycles. The third kappa shape index (κ3) is 2.15. The fraction of sp³-hybridized carbons (Fsp3) is 0.267. The van der Waals surface area contributed by atoms with E-state index in [1.165, 1.54) is 11.0 Å². The SMILES string of the molecule is O=C(O)N1CCN(c2c(F)ccc3ccccc23)CC1. The zero-order chi connectivity index (χ0) is 14.1. The number of fused-ring (bicyclic) bond motifs is 1. The number of carbonyl (C=O) groups is 1. The number of halogens is 1. The van der Waals surface area contributed by atoms with Gasteiger partial charge in [-0.25, -0.2) is 9.18 Å². The Morgan fingerprint density at radius 1 is 1.05 bits per heavy atom. The molecule has 3 rings (SSSR count). The number of benzene rings is 2. The highest BCUT2D eigenvalue weighted by molar-refractivity contribution is 5.94. The highest BCUT2D eigenvalue weighted by Gasteiger charge is 2.23. The summed E-state index contributed by atoms with van der Waals surface area (Å²) in [5, 5.41) is 10.8. The summed E-state index contributed by atoms with van der Waals surface area (Å²) in [4.78, 5) is 14.2. The van der Waals surface area contributed by atoms with Crippen molar-refractivity contribution in [3.8, 4) is 0 Å². The van der Waals surface area contributed by atoms with E-state index in [2.05, 4.69) is 0 Å². The number of nitrogens with zero attached hydrogens (tertiary/aromatic N) is 2. The van der Waals surface area contributed by atoms with E-state index in [-0.39, 0.29) is 5.82 Å². The zero-order valence-corrected chi connectivity index (χ0v) is 10.9. The van der Waals surface area contributed by atoms with E-state index in [1.54, 1.807) is 6.07 Å². The lowest BCUT2D eigenvalue weighted by molar-refractivity contribution is 0.142. The summed E-state index contributed by atoms with van der Waals surface area (Å²) in [5.74, 6) is -0.257. The maximum Gasteiger partial charge on any atom is 0.407 e. The lowest BCUT2D eigenvalue weighted by Gasteiger charge is -2.35. The van der Waals surface area contributed by atoms with Gasteiger partial charge in [0.1, 0.15) is 5.82 Å². The van der Waals surface area contributed by atoms with Crippen molar-refractivity contribution in [3.05, 3.63) is 42.2 Å². The Bertz CT molecular complexity index is 651. The highest BCUT2D eigenvalue weighted by Crippen LogP contribution is 2.30. The Balaban J connectivity index is 1.95. The van der Waals surface area contributed by atoms with Crippen LogP contribution in [0.1, 0.15) is 0 Å². The standard InChI is InChI=1S/C15H15FN2O2/c16-13-6-5-11-3-1-2-4-12(11)14(13)17-7-9-18(10-8-17)15(19)20/h1-6H,7-10H2,(H,19,20). The van der Waals surface area contributed by atoms with E-state index in [0.29, 0.717) is 31.9 Å². The van der Waals surface area contributed by atoms with Crippen LogP contribution in [0.25, 0.3) is 10.8 Å². The molecule has 0 spiro atoms. The molecule has 0 aliphatic carbocycles. The van der Waals surface area contributed by atoms with E-state index >= 15 is 0 Å². The Hall–Kier alpha value is -2.30. The number of piperazine rings is 1. The first-order valence-electron chi connectivity index (χ1n) is 6.57. The topological polar surface area (TPSA) is 43.8 Å². The van der Waals surface area contributed by atoms with Gasteiger partial charge in [-0.2, -0.15) is 0 Å². The smallest absolute Gasteiger partial charge is 0.407 e. The normalized spacial score (nSPS) is 15.7. The molecule has 2 aromatic rings. The molecule has 0 atom stereocenters. The van der Waals surface area contributed by atoms with Gasteiger partial charge in [-0.15, -0.1) is 0 Å². The summed E-state index contributed by atoms with van der Waals surface area (Å²) >= 11 is 0. The molecule has 0 bridgehead atoms. The average Bonchev–Trinajstić information content (AvgIpc) is 2.47. The van der Waals surface area contributed by atoms with E-state index < -0.39 is 6.09 Å².